The molecule has 2 aromatic rings. The number of aromatic nitrogens is 2. The number of hydrogen-bond acceptors (Lipinski definition) is 3. The fraction of sp³-hybridized carbons (Fsp3) is 0.467. The fourth-order valence-corrected chi connectivity index (χ4v) is 2.68. The van der Waals surface area contributed by atoms with Crippen molar-refractivity contribution in [3.8, 4) is 0 Å². The van der Waals surface area contributed by atoms with Crippen molar-refractivity contribution in [2.75, 3.05) is 14.1 Å². The molecule has 20 heavy (non-hydrogen) atoms. The summed E-state index contributed by atoms with van der Waals surface area (Å²) in [5.41, 5.74) is 7.84. The highest BCUT2D eigenvalue weighted by molar-refractivity contribution is 7.80. The minimum Gasteiger partial charge on any atom is -0.393 e. The Bertz CT molecular complexity index is 603. The van der Waals surface area contributed by atoms with E-state index in [0.29, 0.717) is 17.5 Å². The van der Waals surface area contributed by atoms with Gasteiger partial charge in [0.1, 0.15) is 5.82 Å². The van der Waals surface area contributed by atoms with Crippen LogP contribution in [-0.2, 0) is 6.54 Å². The van der Waals surface area contributed by atoms with E-state index in [-0.39, 0.29) is 0 Å². The van der Waals surface area contributed by atoms with Crippen LogP contribution < -0.4 is 5.73 Å². The van der Waals surface area contributed by atoms with Crippen molar-refractivity contribution in [1.82, 2.24) is 14.5 Å². The molecule has 0 radical (unpaired) electrons. The number of imidazole rings is 1. The number of rotatable bonds is 6. The van der Waals surface area contributed by atoms with E-state index in [2.05, 4.69) is 42.6 Å². The lowest BCUT2D eigenvalue weighted by Crippen LogP contribution is -2.23. The van der Waals surface area contributed by atoms with E-state index < -0.39 is 0 Å². The molecule has 0 aliphatic heterocycles. The smallest absolute Gasteiger partial charge is 0.127 e. The van der Waals surface area contributed by atoms with Crippen LogP contribution in [-0.4, -0.2) is 33.5 Å². The Labute approximate surface area is 125 Å². The summed E-state index contributed by atoms with van der Waals surface area (Å²) in [6.45, 7) is 2.97. The molecule has 1 aromatic carbocycles. The highest BCUT2D eigenvalue weighted by atomic mass is 32.1. The molecule has 2 N–H and O–H groups in total. The second-order valence-corrected chi connectivity index (χ2v) is 5.74. The van der Waals surface area contributed by atoms with Gasteiger partial charge in [-0.05, 0) is 32.6 Å². The molecule has 108 valence electrons. The van der Waals surface area contributed by atoms with Crippen LogP contribution in [0.4, 0.5) is 0 Å². The predicted molar refractivity (Wildman–Crippen MR) is 87.9 cm³/mol. The molecule has 0 bridgehead atoms. The quantitative estimate of drug-likeness (QED) is 0.831. The summed E-state index contributed by atoms with van der Waals surface area (Å²) in [6.07, 6.45) is 1.72. The first kappa shape index (κ1) is 14.9. The normalized spacial score (nSPS) is 13.0. The van der Waals surface area contributed by atoms with E-state index in [1.807, 2.05) is 12.1 Å². The van der Waals surface area contributed by atoms with Gasteiger partial charge in [-0.15, -0.1) is 0 Å². The maximum atomic E-state index is 5.66. The van der Waals surface area contributed by atoms with E-state index in [1.54, 1.807) is 0 Å². The lowest BCUT2D eigenvalue weighted by Gasteiger charge is -2.23. The Morgan fingerprint density at radius 3 is 2.70 bits per heavy atom. The molecular formula is C15H22N4S. The van der Waals surface area contributed by atoms with Crippen molar-refractivity contribution < 1.29 is 0 Å². The molecule has 1 unspecified atom stereocenters. The number of fused-ring (bicyclic) bond motifs is 1. The average Bonchev–Trinajstić information content (AvgIpc) is 2.75. The molecule has 1 heterocycles. The summed E-state index contributed by atoms with van der Waals surface area (Å²) in [6, 6.07) is 8.52. The second-order valence-electron chi connectivity index (χ2n) is 5.21. The third-order valence-electron chi connectivity index (χ3n) is 3.57. The summed E-state index contributed by atoms with van der Waals surface area (Å²) in [5, 5.41) is 0. The number of thiocarbonyl (C=S) groups is 1. The Kier molecular flexibility index (Phi) is 4.73. The zero-order valence-electron chi connectivity index (χ0n) is 12.3. The molecule has 1 atom stereocenters. The number of benzene rings is 1. The monoisotopic (exact) mass is 290 g/mol. The highest BCUT2D eigenvalue weighted by Crippen LogP contribution is 2.26. The van der Waals surface area contributed by atoms with Gasteiger partial charge in [-0.1, -0.05) is 31.3 Å². The minimum absolute atomic E-state index is 0.300. The maximum Gasteiger partial charge on any atom is 0.127 e. The topological polar surface area (TPSA) is 47.1 Å². The van der Waals surface area contributed by atoms with E-state index >= 15 is 0 Å². The highest BCUT2D eigenvalue weighted by Gasteiger charge is 2.20. The summed E-state index contributed by atoms with van der Waals surface area (Å²) >= 11 is 5.01. The first-order chi connectivity index (χ1) is 9.54. The molecule has 2 rings (SSSR count). The zero-order chi connectivity index (χ0) is 14.7. The van der Waals surface area contributed by atoms with E-state index in [1.165, 1.54) is 0 Å². The van der Waals surface area contributed by atoms with Crippen LogP contribution >= 0.6 is 12.2 Å². The molecule has 4 nitrogen and oxygen atoms in total. The van der Waals surface area contributed by atoms with Gasteiger partial charge in [0.05, 0.1) is 22.1 Å². The molecular weight excluding hydrogens is 268 g/mol. The van der Waals surface area contributed by atoms with Crippen LogP contribution in [0.2, 0.25) is 0 Å². The first-order valence-corrected chi connectivity index (χ1v) is 7.35. The molecule has 0 amide bonds. The van der Waals surface area contributed by atoms with Crippen LogP contribution in [0.15, 0.2) is 24.3 Å². The Morgan fingerprint density at radius 2 is 2.10 bits per heavy atom. The number of nitrogens with two attached hydrogens (primary N) is 1. The van der Waals surface area contributed by atoms with Crippen LogP contribution in [0.1, 0.15) is 31.6 Å². The van der Waals surface area contributed by atoms with Crippen molar-refractivity contribution >= 4 is 28.2 Å². The molecule has 0 fully saturated rings. The molecule has 0 saturated carbocycles. The van der Waals surface area contributed by atoms with Crippen molar-refractivity contribution in [2.24, 2.45) is 5.73 Å². The number of para-hydroxylation sites is 2. The lowest BCUT2D eigenvalue weighted by atomic mass is 10.2. The Morgan fingerprint density at radius 1 is 1.40 bits per heavy atom. The van der Waals surface area contributed by atoms with Crippen LogP contribution in [0, 0.1) is 0 Å². The summed E-state index contributed by atoms with van der Waals surface area (Å²) in [5.74, 6) is 1.09. The van der Waals surface area contributed by atoms with Gasteiger partial charge in [-0.25, -0.2) is 4.98 Å². The number of nitrogens with zero attached hydrogens (tertiary/aromatic N) is 3. The molecule has 0 saturated heterocycles. The van der Waals surface area contributed by atoms with Crippen molar-refractivity contribution in [3.05, 3.63) is 30.1 Å². The van der Waals surface area contributed by atoms with Gasteiger partial charge < -0.3 is 10.3 Å². The molecule has 0 spiro atoms. The zero-order valence-corrected chi connectivity index (χ0v) is 13.2. The number of hydrogen-bond donors (Lipinski definition) is 1. The van der Waals surface area contributed by atoms with E-state index in [9.17, 15) is 0 Å². The van der Waals surface area contributed by atoms with Gasteiger partial charge in [0.15, 0.2) is 0 Å². The standard InChI is InChI=1S/C15H22N4S/c1-4-12(18(2)3)15-17-11-7-5-6-8-13(11)19(15)10-9-14(16)20/h5-8,12H,4,9-10H2,1-3H3,(H2,16,20). The third kappa shape index (κ3) is 2.99. The largest absolute Gasteiger partial charge is 0.393 e. The van der Waals surface area contributed by atoms with Crippen molar-refractivity contribution in [3.63, 3.8) is 0 Å². The predicted octanol–water partition coefficient (Wildman–Crippen LogP) is 2.73. The number of aryl methyl sites for hydroxylation is 1. The summed E-state index contributed by atoms with van der Waals surface area (Å²) in [4.78, 5) is 7.57. The first-order valence-electron chi connectivity index (χ1n) is 6.94. The minimum atomic E-state index is 0.300. The Balaban J connectivity index is 2.50. The van der Waals surface area contributed by atoms with Gasteiger partial charge in [0.25, 0.3) is 0 Å². The van der Waals surface area contributed by atoms with E-state index in [0.717, 1.165) is 29.8 Å². The third-order valence-corrected chi connectivity index (χ3v) is 3.78. The van der Waals surface area contributed by atoms with Gasteiger partial charge in [-0.3, -0.25) is 4.90 Å². The SMILES string of the molecule is CCC(c1nc2ccccc2n1CCC(N)=S)N(C)C. The van der Waals surface area contributed by atoms with Gasteiger partial charge in [0.2, 0.25) is 0 Å². The lowest BCUT2D eigenvalue weighted by molar-refractivity contribution is 0.273. The molecule has 1 aromatic heterocycles. The molecule has 0 aliphatic rings. The van der Waals surface area contributed by atoms with Gasteiger partial charge in [-0.2, -0.15) is 0 Å². The molecule has 5 heteroatoms. The van der Waals surface area contributed by atoms with Crippen molar-refractivity contribution in [1.29, 1.82) is 0 Å². The van der Waals surface area contributed by atoms with Crippen molar-refractivity contribution in [2.45, 2.75) is 32.4 Å². The summed E-state index contributed by atoms with van der Waals surface area (Å²) in [7, 11) is 4.18. The Hall–Kier alpha value is -1.46. The van der Waals surface area contributed by atoms with Crippen LogP contribution in [0.3, 0.4) is 0 Å². The maximum absolute atomic E-state index is 5.66. The van der Waals surface area contributed by atoms with Gasteiger partial charge in [0, 0.05) is 13.0 Å². The van der Waals surface area contributed by atoms with Crippen LogP contribution in [0.25, 0.3) is 11.0 Å². The fourth-order valence-electron chi connectivity index (χ4n) is 2.58. The summed E-state index contributed by atoms with van der Waals surface area (Å²) < 4.78 is 2.25. The second kappa shape index (κ2) is 6.33. The average molecular weight is 290 g/mol. The van der Waals surface area contributed by atoms with Gasteiger partial charge >= 0.3 is 0 Å². The molecule has 0 aliphatic carbocycles. The van der Waals surface area contributed by atoms with Crippen LogP contribution in [0.5, 0.6) is 0 Å². The van der Waals surface area contributed by atoms with E-state index in [4.69, 9.17) is 22.9 Å².